The van der Waals surface area contributed by atoms with Gasteiger partial charge in [0.25, 0.3) is 5.56 Å². The molecule has 152 valence electrons. The average Bonchev–Trinajstić information content (AvgIpc) is 2.76. The fourth-order valence-corrected chi connectivity index (χ4v) is 3.20. The molecule has 30 heavy (non-hydrogen) atoms. The number of aromatic hydroxyl groups is 1. The van der Waals surface area contributed by atoms with Gasteiger partial charge in [-0.05, 0) is 48.7 Å². The van der Waals surface area contributed by atoms with Crippen LogP contribution in [-0.2, 0) is 6.54 Å². The highest BCUT2D eigenvalue weighted by atomic mass is 16.5. The molecule has 0 aliphatic rings. The predicted molar refractivity (Wildman–Crippen MR) is 113 cm³/mol. The van der Waals surface area contributed by atoms with Crippen molar-refractivity contribution in [2.24, 2.45) is 0 Å². The number of pyridine rings is 1. The van der Waals surface area contributed by atoms with E-state index < -0.39 is 17.2 Å². The minimum absolute atomic E-state index is 0.0462. The Morgan fingerprint density at radius 2 is 1.80 bits per heavy atom. The van der Waals surface area contributed by atoms with Crippen molar-refractivity contribution in [2.75, 3.05) is 6.61 Å². The zero-order valence-electron chi connectivity index (χ0n) is 16.9. The first-order valence-electron chi connectivity index (χ1n) is 9.65. The second kappa shape index (κ2) is 9.10. The third-order valence-corrected chi connectivity index (χ3v) is 4.80. The van der Waals surface area contributed by atoms with Gasteiger partial charge in [0.15, 0.2) is 5.78 Å². The fourth-order valence-electron chi connectivity index (χ4n) is 3.20. The van der Waals surface area contributed by atoms with Crippen LogP contribution in [0.25, 0.3) is 0 Å². The second-order valence-electron chi connectivity index (χ2n) is 6.89. The van der Waals surface area contributed by atoms with E-state index in [1.54, 1.807) is 36.4 Å². The first-order chi connectivity index (χ1) is 14.5. The molecule has 0 unspecified atom stereocenters. The van der Waals surface area contributed by atoms with Gasteiger partial charge in [-0.25, -0.2) is 0 Å². The number of rotatable bonds is 7. The summed E-state index contributed by atoms with van der Waals surface area (Å²) in [6.45, 7) is 4.12. The summed E-state index contributed by atoms with van der Waals surface area (Å²) in [5.74, 6) is -0.275. The Balaban J connectivity index is 2.07. The summed E-state index contributed by atoms with van der Waals surface area (Å²) in [6.07, 6.45) is 0.869. The van der Waals surface area contributed by atoms with E-state index in [0.29, 0.717) is 17.9 Å². The Morgan fingerprint density at radius 1 is 1.13 bits per heavy atom. The number of carbonyl (C=O) groups excluding carboxylic acids is 1. The largest absolute Gasteiger partial charge is 0.494 e. The van der Waals surface area contributed by atoms with Crippen molar-refractivity contribution in [1.82, 2.24) is 4.57 Å². The Bertz CT molecular complexity index is 1160. The van der Waals surface area contributed by atoms with Crippen molar-refractivity contribution in [3.8, 4) is 17.7 Å². The summed E-state index contributed by atoms with van der Waals surface area (Å²) in [5.41, 5.74) is 0.417. The van der Waals surface area contributed by atoms with Gasteiger partial charge in [-0.1, -0.05) is 37.3 Å². The number of ketones is 1. The molecule has 0 aliphatic carbocycles. The molecule has 0 bridgehead atoms. The van der Waals surface area contributed by atoms with E-state index >= 15 is 0 Å². The Kier molecular flexibility index (Phi) is 6.33. The predicted octanol–water partition coefficient (Wildman–Crippen LogP) is 3.80. The van der Waals surface area contributed by atoms with Crippen LogP contribution in [0.3, 0.4) is 0 Å². The molecule has 0 amide bonds. The molecule has 0 radical (unpaired) electrons. The Hall–Kier alpha value is -3.85. The summed E-state index contributed by atoms with van der Waals surface area (Å²) in [6, 6.07) is 17.5. The highest BCUT2D eigenvalue weighted by Crippen LogP contribution is 2.26. The van der Waals surface area contributed by atoms with Gasteiger partial charge in [-0.2, -0.15) is 5.26 Å². The minimum Gasteiger partial charge on any atom is -0.494 e. The van der Waals surface area contributed by atoms with E-state index in [0.717, 1.165) is 16.6 Å². The van der Waals surface area contributed by atoms with Crippen LogP contribution >= 0.6 is 0 Å². The molecule has 0 aliphatic heterocycles. The molecule has 1 aromatic heterocycles. The van der Waals surface area contributed by atoms with Crippen molar-refractivity contribution in [3.63, 3.8) is 0 Å². The van der Waals surface area contributed by atoms with Gasteiger partial charge in [0.1, 0.15) is 17.4 Å². The number of ether oxygens (including phenoxy) is 1. The van der Waals surface area contributed by atoms with E-state index in [-0.39, 0.29) is 23.2 Å². The molecular formula is C24H22N2O4. The van der Waals surface area contributed by atoms with Gasteiger partial charge in [-0.3, -0.25) is 14.2 Å². The molecule has 0 fully saturated rings. The number of nitriles is 1. The van der Waals surface area contributed by atoms with Crippen molar-refractivity contribution in [3.05, 3.63) is 92.8 Å². The lowest BCUT2D eigenvalue weighted by Crippen LogP contribution is -2.27. The normalized spacial score (nSPS) is 10.4. The van der Waals surface area contributed by atoms with Gasteiger partial charge in [0, 0.05) is 5.56 Å². The van der Waals surface area contributed by atoms with Crippen molar-refractivity contribution >= 4 is 5.78 Å². The number of hydrogen-bond acceptors (Lipinski definition) is 5. The fraction of sp³-hybridized carbons (Fsp3) is 0.208. The molecule has 0 atom stereocenters. The van der Waals surface area contributed by atoms with Gasteiger partial charge in [0.05, 0.1) is 18.7 Å². The lowest BCUT2D eigenvalue weighted by Gasteiger charge is -2.16. The molecule has 3 rings (SSSR count). The quantitative estimate of drug-likeness (QED) is 0.607. The Morgan fingerprint density at radius 3 is 2.40 bits per heavy atom. The molecule has 0 spiro atoms. The first kappa shape index (κ1) is 20.9. The van der Waals surface area contributed by atoms with Crippen LogP contribution < -0.4 is 10.3 Å². The monoisotopic (exact) mass is 402 g/mol. The number of hydrogen-bond donors (Lipinski definition) is 1. The number of nitrogens with zero attached hydrogens (tertiary/aromatic N) is 2. The van der Waals surface area contributed by atoms with Crippen LogP contribution in [0.15, 0.2) is 59.4 Å². The lowest BCUT2D eigenvalue weighted by molar-refractivity contribution is 0.103. The van der Waals surface area contributed by atoms with Crippen molar-refractivity contribution in [1.29, 1.82) is 5.26 Å². The van der Waals surface area contributed by atoms with E-state index in [2.05, 4.69) is 0 Å². The van der Waals surface area contributed by atoms with Crippen LogP contribution in [0.1, 0.15) is 46.0 Å². The highest BCUT2D eigenvalue weighted by Gasteiger charge is 2.25. The maximum absolute atomic E-state index is 13.2. The summed E-state index contributed by atoms with van der Waals surface area (Å²) in [7, 11) is 0. The smallest absolute Gasteiger partial charge is 0.271 e. The third kappa shape index (κ3) is 4.11. The van der Waals surface area contributed by atoms with Crippen molar-refractivity contribution in [2.45, 2.75) is 26.8 Å². The first-order valence-corrected chi connectivity index (χ1v) is 9.65. The molecular weight excluding hydrogens is 380 g/mol. The van der Waals surface area contributed by atoms with Gasteiger partial charge >= 0.3 is 0 Å². The number of benzene rings is 2. The topological polar surface area (TPSA) is 92.3 Å². The molecule has 0 saturated heterocycles. The van der Waals surface area contributed by atoms with E-state index in [4.69, 9.17) is 4.74 Å². The molecule has 6 nitrogen and oxygen atoms in total. The number of carbonyl (C=O) groups is 1. The maximum atomic E-state index is 13.2. The van der Waals surface area contributed by atoms with Crippen LogP contribution in [-0.4, -0.2) is 22.1 Å². The van der Waals surface area contributed by atoms with Gasteiger partial charge < -0.3 is 9.84 Å². The molecule has 6 heteroatoms. The van der Waals surface area contributed by atoms with Crippen molar-refractivity contribution < 1.29 is 14.6 Å². The molecule has 2 aromatic carbocycles. The van der Waals surface area contributed by atoms with Crippen LogP contribution in [0, 0.1) is 18.3 Å². The summed E-state index contributed by atoms with van der Waals surface area (Å²) < 4.78 is 6.59. The third-order valence-electron chi connectivity index (χ3n) is 4.80. The molecule has 1 heterocycles. The maximum Gasteiger partial charge on any atom is 0.271 e. The van der Waals surface area contributed by atoms with Crippen LogP contribution in [0.5, 0.6) is 11.6 Å². The van der Waals surface area contributed by atoms with Gasteiger partial charge in [-0.15, -0.1) is 0 Å². The summed E-state index contributed by atoms with van der Waals surface area (Å²) in [5, 5.41) is 20.3. The van der Waals surface area contributed by atoms with E-state index in [9.17, 15) is 20.0 Å². The second-order valence-corrected chi connectivity index (χ2v) is 6.89. The van der Waals surface area contributed by atoms with Crippen LogP contribution in [0.2, 0.25) is 0 Å². The highest BCUT2D eigenvalue weighted by molar-refractivity contribution is 6.11. The molecule has 1 N–H and O–H groups in total. The SMILES string of the molecule is CCCOc1ccc(C(=O)c2c(C)c(C#N)c(=O)n(Cc3ccccc3)c2O)cc1. The zero-order chi connectivity index (χ0) is 21.7. The summed E-state index contributed by atoms with van der Waals surface area (Å²) in [4.78, 5) is 25.9. The Labute approximate surface area is 174 Å². The lowest BCUT2D eigenvalue weighted by atomic mass is 9.97. The average molecular weight is 402 g/mol. The van der Waals surface area contributed by atoms with E-state index in [1.807, 2.05) is 31.2 Å². The minimum atomic E-state index is -0.629. The standard InChI is InChI=1S/C24H22N2O4/c1-3-13-30-19-11-9-18(10-12-19)22(27)21-16(2)20(14-25)23(28)26(24(21)29)15-17-7-5-4-6-8-17/h4-12,29H,3,13,15H2,1-2H3. The molecule has 0 saturated carbocycles. The zero-order valence-corrected chi connectivity index (χ0v) is 16.9. The molecule has 3 aromatic rings. The van der Waals surface area contributed by atoms with Gasteiger partial charge in [0.2, 0.25) is 5.88 Å². The van der Waals surface area contributed by atoms with Crippen LogP contribution in [0.4, 0.5) is 0 Å². The summed E-state index contributed by atoms with van der Waals surface area (Å²) >= 11 is 0. The van der Waals surface area contributed by atoms with E-state index in [1.165, 1.54) is 6.92 Å². The number of aromatic nitrogens is 1.